The van der Waals surface area contributed by atoms with Crippen molar-refractivity contribution in [3.8, 4) is 0 Å². The fourth-order valence-corrected chi connectivity index (χ4v) is 4.46. The quantitative estimate of drug-likeness (QED) is 0.883. The Hall–Kier alpha value is -1.92. The molecule has 3 aliphatic heterocycles. The molecule has 4 rings (SSSR count). The molecular formula is C21H29N3O3. The summed E-state index contributed by atoms with van der Waals surface area (Å²) in [6, 6.07) is 7.89. The van der Waals surface area contributed by atoms with Gasteiger partial charge in [0, 0.05) is 37.0 Å². The smallest absolute Gasteiger partial charge is 0.253 e. The SMILES string of the molecule is O=C(Nc1cccc(C(=O)N2CCC(N3CCCC3)CC2)c1)C1CCCO1. The first-order chi connectivity index (χ1) is 13.2. The summed E-state index contributed by atoms with van der Waals surface area (Å²) in [5.41, 5.74) is 1.30. The maximum absolute atomic E-state index is 12.9. The van der Waals surface area contributed by atoms with Gasteiger partial charge in [0.1, 0.15) is 6.10 Å². The van der Waals surface area contributed by atoms with E-state index in [0.717, 1.165) is 38.8 Å². The molecule has 1 N–H and O–H groups in total. The van der Waals surface area contributed by atoms with Gasteiger partial charge in [-0.15, -0.1) is 0 Å². The Labute approximate surface area is 160 Å². The lowest BCUT2D eigenvalue weighted by Crippen LogP contribution is -2.45. The van der Waals surface area contributed by atoms with E-state index in [0.29, 0.717) is 23.9 Å². The van der Waals surface area contributed by atoms with E-state index in [2.05, 4.69) is 10.2 Å². The lowest BCUT2D eigenvalue weighted by molar-refractivity contribution is -0.124. The average molecular weight is 371 g/mol. The van der Waals surface area contributed by atoms with E-state index < -0.39 is 0 Å². The average Bonchev–Trinajstić information content (AvgIpc) is 3.42. The molecule has 1 aromatic rings. The molecule has 0 saturated carbocycles. The molecule has 1 aromatic carbocycles. The van der Waals surface area contributed by atoms with Gasteiger partial charge in [-0.2, -0.15) is 0 Å². The monoisotopic (exact) mass is 371 g/mol. The molecule has 0 aliphatic carbocycles. The predicted molar refractivity (Wildman–Crippen MR) is 104 cm³/mol. The summed E-state index contributed by atoms with van der Waals surface area (Å²) in [5.74, 6) is -0.0633. The van der Waals surface area contributed by atoms with E-state index in [1.165, 1.54) is 25.9 Å². The van der Waals surface area contributed by atoms with Crippen LogP contribution < -0.4 is 5.32 Å². The zero-order chi connectivity index (χ0) is 18.6. The van der Waals surface area contributed by atoms with Crippen molar-refractivity contribution in [2.24, 2.45) is 0 Å². The molecule has 3 saturated heterocycles. The van der Waals surface area contributed by atoms with Crippen LogP contribution in [0.2, 0.25) is 0 Å². The van der Waals surface area contributed by atoms with Gasteiger partial charge < -0.3 is 19.9 Å². The lowest BCUT2D eigenvalue weighted by Gasteiger charge is -2.36. The third-order valence-electron chi connectivity index (χ3n) is 6.01. The lowest BCUT2D eigenvalue weighted by atomic mass is 10.0. The second-order valence-electron chi connectivity index (χ2n) is 7.84. The van der Waals surface area contributed by atoms with Gasteiger partial charge in [0.05, 0.1) is 0 Å². The van der Waals surface area contributed by atoms with Gasteiger partial charge in [-0.05, 0) is 69.8 Å². The van der Waals surface area contributed by atoms with Crippen LogP contribution in [0.3, 0.4) is 0 Å². The van der Waals surface area contributed by atoms with Crippen molar-refractivity contribution in [2.45, 2.75) is 50.7 Å². The first-order valence-electron chi connectivity index (χ1n) is 10.3. The Morgan fingerprint density at radius 3 is 2.48 bits per heavy atom. The minimum absolute atomic E-state index is 0.0584. The largest absolute Gasteiger partial charge is 0.368 e. The molecule has 27 heavy (non-hydrogen) atoms. The second kappa shape index (κ2) is 8.40. The van der Waals surface area contributed by atoms with Crippen LogP contribution in [0.4, 0.5) is 5.69 Å². The highest BCUT2D eigenvalue weighted by atomic mass is 16.5. The van der Waals surface area contributed by atoms with Crippen LogP contribution in [0.5, 0.6) is 0 Å². The molecule has 1 atom stereocenters. The number of likely N-dealkylation sites (tertiary alicyclic amines) is 2. The van der Waals surface area contributed by atoms with Crippen LogP contribution in [0.15, 0.2) is 24.3 Å². The molecule has 6 heteroatoms. The van der Waals surface area contributed by atoms with Crippen molar-refractivity contribution < 1.29 is 14.3 Å². The Morgan fingerprint density at radius 2 is 1.78 bits per heavy atom. The summed E-state index contributed by atoms with van der Waals surface area (Å²) in [7, 11) is 0. The first-order valence-corrected chi connectivity index (χ1v) is 10.3. The number of ether oxygens (including phenoxy) is 1. The van der Waals surface area contributed by atoms with Gasteiger partial charge in [0.2, 0.25) is 0 Å². The van der Waals surface area contributed by atoms with Crippen LogP contribution in [0.25, 0.3) is 0 Å². The van der Waals surface area contributed by atoms with Crippen molar-refractivity contribution in [1.82, 2.24) is 9.80 Å². The number of nitrogens with zero attached hydrogens (tertiary/aromatic N) is 2. The van der Waals surface area contributed by atoms with Crippen molar-refractivity contribution in [3.63, 3.8) is 0 Å². The van der Waals surface area contributed by atoms with E-state index in [9.17, 15) is 9.59 Å². The molecule has 2 amide bonds. The summed E-state index contributed by atoms with van der Waals surface area (Å²) in [5, 5.41) is 2.88. The highest BCUT2D eigenvalue weighted by molar-refractivity contribution is 5.98. The third-order valence-corrected chi connectivity index (χ3v) is 6.01. The molecule has 146 valence electrons. The van der Waals surface area contributed by atoms with Crippen molar-refractivity contribution >= 4 is 17.5 Å². The highest BCUT2D eigenvalue weighted by Crippen LogP contribution is 2.23. The number of nitrogens with one attached hydrogen (secondary N) is 1. The molecular weight excluding hydrogens is 342 g/mol. The zero-order valence-corrected chi connectivity index (χ0v) is 15.9. The standard InChI is InChI=1S/C21H29N3O3/c25-20(19-7-4-14-27-19)22-17-6-3-5-16(15-17)21(26)24-12-8-18(9-13-24)23-10-1-2-11-23/h3,5-6,15,18-19H,1-2,4,7-14H2,(H,22,25). The number of carbonyl (C=O) groups excluding carboxylic acids is 2. The van der Waals surface area contributed by atoms with Gasteiger partial charge in [0.15, 0.2) is 0 Å². The van der Waals surface area contributed by atoms with E-state index in [-0.39, 0.29) is 17.9 Å². The summed E-state index contributed by atoms with van der Waals surface area (Å²) in [4.78, 5) is 29.7. The van der Waals surface area contributed by atoms with E-state index in [1.807, 2.05) is 23.1 Å². The number of carbonyl (C=O) groups is 2. The predicted octanol–water partition coefficient (Wildman–Crippen LogP) is 2.50. The van der Waals surface area contributed by atoms with Gasteiger partial charge >= 0.3 is 0 Å². The van der Waals surface area contributed by atoms with Crippen LogP contribution in [-0.4, -0.2) is 66.5 Å². The third kappa shape index (κ3) is 4.33. The number of rotatable bonds is 4. The van der Waals surface area contributed by atoms with Gasteiger partial charge in [-0.1, -0.05) is 6.07 Å². The summed E-state index contributed by atoms with van der Waals surface area (Å²) in [6.45, 7) is 4.69. The number of hydrogen-bond donors (Lipinski definition) is 1. The number of anilines is 1. The summed E-state index contributed by atoms with van der Waals surface area (Å²) >= 11 is 0. The molecule has 0 aromatic heterocycles. The topological polar surface area (TPSA) is 61.9 Å². The van der Waals surface area contributed by atoms with Crippen LogP contribution in [0, 0.1) is 0 Å². The maximum atomic E-state index is 12.9. The molecule has 0 spiro atoms. The number of piperidine rings is 1. The van der Waals surface area contributed by atoms with Crippen molar-refractivity contribution in [1.29, 1.82) is 0 Å². The van der Waals surface area contributed by atoms with E-state index in [1.54, 1.807) is 6.07 Å². The Morgan fingerprint density at radius 1 is 1.00 bits per heavy atom. The number of hydrogen-bond acceptors (Lipinski definition) is 4. The maximum Gasteiger partial charge on any atom is 0.253 e. The van der Waals surface area contributed by atoms with Crippen LogP contribution >= 0.6 is 0 Å². The summed E-state index contributed by atoms with van der Waals surface area (Å²) < 4.78 is 5.42. The molecule has 0 radical (unpaired) electrons. The number of benzene rings is 1. The highest BCUT2D eigenvalue weighted by Gasteiger charge is 2.29. The zero-order valence-electron chi connectivity index (χ0n) is 15.9. The van der Waals surface area contributed by atoms with Crippen LogP contribution in [-0.2, 0) is 9.53 Å². The minimum Gasteiger partial charge on any atom is -0.368 e. The van der Waals surface area contributed by atoms with E-state index in [4.69, 9.17) is 4.74 Å². The molecule has 1 unspecified atom stereocenters. The summed E-state index contributed by atoms with van der Waals surface area (Å²) in [6.07, 6.45) is 6.05. The first kappa shape index (κ1) is 18.4. The Bertz CT molecular complexity index is 673. The normalized spacial score (nSPS) is 24.3. The Kier molecular flexibility index (Phi) is 5.74. The molecule has 6 nitrogen and oxygen atoms in total. The van der Waals surface area contributed by atoms with E-state index >= 15 is 0 Å². The molecule has 3 aliphatic rings. The fraction of sp³-hybridized carbons (Fsp3) is 0.619. The minimum atomic E-state index is -0.367. The van der Waals surface area contributed by atoms with Crippen molar-refractivity contribution in [2.75, 3.05) is 38.1 Å². The molecule has 3 heterocycles. The van der Waals surface area contributed by atoms with Crippen molar-refractivity contribution in [3.05, 3.63) is 29.8 Å². The van der Waals surface area contributed by atoms with Gasteiger partial charge in [-0.3, -0.25) is 9.59 Å². The van der Waals surface area contributed by atoms with Gasteiger partial charge in [0.25, 0.3) is 11.8 Å². The fourth-order valence-electron chi connectivity index (χ4n) is 4.46. The van der Waals surface area contributed by atoms with Gasteiger partial charge in [-0.25, -0.2) is 0 Å². The second-order valence-corrected chi connectivity index (χ2v) is 7.84. The van der Waals surface area contributed by atoms with Crippen LogP contribution in [0.1, 0.15) is 48.9 Å². The Balaban J connectivity index is 1.34. The number of amides is 2. The molecule has 0 bridgehead atoms. The molecule has 3 fully saturated rings.